The molecule has 0 saturated carbocycles. The van der Waals surface area contributed by atoms with Crippen LogP contribution in [0.3, 0.4) is 0 Å². The summed E-state index contributed by atoms with van der Waals surface area (Å²) < 4.78 is 0. The fourth-order valence-electron chi connectivity index (χ4n) is 2.42. The van der Waals surface area contributed by atoms with Crippen molar-refractivity contribution in [2.24, 2.45) is 0 Å². The van der Waals surface area contributed by atoms with E-state index in [4.69, 9.17) is 5.73 Å². The normalized spacial score (nSPS) is 14.2. The Hall–Kier alpha value is -2.28. The number of hydrogen-bond acceptors (Lipinski definition) is 1. The quantitative estimate of drug-likeness (QED) is 0.775. The van der Waals surface area contributed by atoms with Crippen LogP contribution in [0.1, 0.15) is 17.5 Å². The van der Waals surface area contributed by atoms with Crippen LogP contribution in [0.5, 0.6) is 0 Å². The summed E-state index contributed by atoms with van der Waals surface area (Å²) in [6, 6.07) is 18.5. The molecule has 0 radical (unpaired) electrons. The molecular weight excluding hydrogens is 218 g/mol. The van der Waals surface area contributed by atoms with Gasteiger partial charge in [-0.15, -0.1) is 0 Å². The van der Waals surface area contributed by atoms with Crippen molar-refractivity contribution in [3.63, 3.8) is 0 Å². The highest BCUT2D eigenvalue weighted by Gasteiger charge is 2.14. The van der Waals surface area contributed by atoms with Gasteiger partial charge in [-0.05, 0) is 29.2 Å². The molecule has 0 unspecified atom stereocenters. The van der Waals surface area contributed by atoms with Crippen molar-refractivity contribution in [1.29, 1.82) is 0 Å². The minimum Gasteiger partial charge on any atom is -0.398 e. The van der Waals surface area contributed by atoms with E-state index in [1.807, 2.05) is 24.3 Å². The summed E-state index contributed by atoms with van der Waals surface area (Å²) >= 11 is 0. The molecule has 18 heavy (non-hydrogen) atoms. The highest BCUT2D eigenvalue weighted by molar-refractivity contribution is 6.00. The third-order valence-electron chi connectivity index (χ3n) is 3.30. The van der Waals surface area contributed by atoms with Gasteiger partial charge in [-0.25, -0.2) is 0 Å². The lowest BCUT2D eigenvalue weighted by Crippen LogP contribution is -1.93. The first-order valence-electron chi connectivity index (χ1n) is 6.16. The summed E-state index contributed by atoms with van der Waals surface area (Å²) in [7, 11) is 0. The molecule has 1 heteroatoms. The van der Waals surface area contributed by atoms with E-state index in [2.05, 4.69) is 42.5 Å². The standard InChI is InChI=1S/C17H15N/c18-17-12-5-4-9-16(17)15-11-6-10-14(15)13-7-2-1-3-8-13/h1-10,12H,11,18H2. The SMILES string of the molecule is Nc1ccccc1C1=C(c2ccccc2)C=CC1. The second-order valence-corrected chi connectivity index (χ2v) is 4.45. The van der Waals surface area contributed by atoms with Gasteiger partial charge in [0.1, 0.15) is 0 Å². The maximum Gasteiger partial charge on any atom is 0.0390 e. The van der Waals surface area contributed by atoms with Crippen molar-refractivity contribution in [1.82, 2.24) is 0 Å². The van der Waals surface area contributed by atoms with Crippen LogP contribution in [-0.2, 0) is 0 Å². The van der Waals surface area contributed by atoms with E-state index in [-0.39, 0.29) is 0 Å². The molecule has 0 amide bonds. The predicted molar refractivity (Wildman–Crippen MR) is 77.9 cm³/mol. The van der Waals surface area contributed by atoms with Crippen molar-refractivity contribution in [2.75, 3.05) is 5.73 Å². The van der Waals surface area contributed by atoms with Gasteiger partial charge < -0.3 is 5.73 Å². The van der Waals surface area contributed by atoms with Crippen LogP contribution in [0.25, 0.3) is 11.1 Å². The number of anilines is 1. The van der Waals surface area contributed by atoms with E-state index in [0.717, 1.165) is 17.7 Å². The molecule has 0 saturated heterocycles. The fraction of sp³-hybridized carbons (Fsp3) is 0.0588. The zero-order valence-electron chi connectivity index (χ0n) is 10.1. The van der Waals surface area contributed by atoms with E-state index in [1.165, 1.54) is 16.7 Å². The molecule has 1 nitrogen and oxygen atoms in total. The van der Waals surface area contributed by atoms with Gasteiger partial charge in [-0.3, -0.25) is 0 Å². The first kappa shape index (κ1) is 10.8. The lowest BCUT2D eigenvalue weighted by atomic mass is 9.96. The van der Waals surface area contributed by atoms with Gasteiger partial charge in [0.2, 0.25) is 0 Å². The molecule has 0 bridgehead atoms. The van der Waals surface area contributed by atoms with E-state index in [0.29, 0.717) is 0 Å². The smallest absolute Gasteiger partial charge is 0.0390 e. The maximum atomic E-state index is 6.08. The molecule has 2 aromatic carbocycles. The van der Waals surface area contributed by atoms with Crippen molar-refractivity contribution in [2.45, 2.75) is 6.42 Å². The van der Waals surface area contributed by atoms with Gasteiger partial charge in [0.15, 0.2) is 0 Å². The summed E-state index contributed by atoms with van der Waals surface area (Å²) in [4.78, 5) is 0. The number of para-hydroxylation sites is 1. The van der Waals surface area contributed by atoms with E-state index in [1.54, 1.807) is 0 Å². The second-order valence-electron chi connectivity index (χ2n) is 4.45. The van der Waals surface area contributed by atoms with Crippen LogP contribution in [0, 0.1) is 0 Å². The number of hydrogen-bond donors (Lipinski definition) is 1. The number of allylic oxidation sites excluding steroid dienone is 4. The van der Waals surface area contributed by atoms with Crippen LogP contribution in [0.2, 0.25) is 0 Å². The minimum atomic E-state index is 0.852. The molecular formula is C17H15N. The molecule has 0 aromatic heterocycles. The molecule has 0 heterocycles. The summed E-state index contributed by atoms with van der Waals surface area (Å²) in [5.74, 6) is 0. The largest absolute Gasteiger partial charge is 0.398 e. The Kier molecular flexibility index (Phi) is 2.73. The van der Waals surface area contributed by atoms with E-state index < -0.39 is 0 Å². The first-order chi connectivity index (χ1) is 8.86. The van der Waals surface area contributed by atoms with E-state index >= 15 is 0 Å². The van der Waals surface area contributed by atoms with Crippen molar-refractivity contribution < 1.29 is 0 Å². The van der Waals surface area contributed by atoms with E-state index in [9.17, 15) is 0 Å². The molecule has 2 aromatic rings. The highest BCUT2D eigenvalue weighted by Crippen LogP contribution is 2.36. The summed E-state index contributed by atoms with van der Waals surface area (Å²) in [5, 5.41) is 0. The van der Waals surface area contributed by atoms with Gasteiger partial charge in [0.25, 0.3) is 0 Å². The van der Waals surface area contributed by atoms with Gasteiger partial charge in [-0.1, -0.05) is 60.7 Å². The Bertz CT molecular complexity index is 621. The third kappa shape index (κ3) is 1.84. The Morgan fingerprint density at radius 3 is 2.33 bits per heavy atom. The Morgan fingerprint density at radius 1 is 0.833 bits per heavy atom. The first-order valence-corrected chi connectivity index (χ1v) is 6.16. The van der Waals surface area contributed by atoms with Crippen molar-refractivity contribution in [3.8, 4) is 0 Å². The zero-order valence-corrected chi connectivity index (χ0v) is 10.1. The monoisotopic (exact) mass is 233 g/mol. The zero-order chi connectivity index (χ0) is 12.4. The summed E-state index contributed by atoms with van der Waals surface area (Å²) in [6.45, 7) is 0. The lowest BCUT2D eigenvalue weighted by Gasteiger charge is -2.10. The molecule has 0 fully saturated rings. The summed E-state index contributed by atoms with van der Waals surface area (Å²) in [6.07, 6.45) is 5.35. The van der Waals surface area contributed by atoms with Gasteiger partial charge in [-0.2, -0.15) is 0 Å². The van der Waals surface area contributed by atoms with Crippen molar-refractivity contribution >= 4 is 16.8 Å². The van der Waals surface area contributed by atoms with Crippen LogP contribution < -0.4 is 5.73 Å². The Labute approximate surface area is 107 Å². The molecule has 3 rings (SSSR count). The number of rotatable bonds is 2. The van der Waals surface area contributed by atoms with Crippen LogP contribution in [-0.4, -0.2) is 0 Å². The third-order valence-corrected chi connectivity index (χ3v) is 3.30. The van der Waals surface area contributed by atoms with Gasteiger partial charge in [0.05, 0.1) is 0 Å². The average molecular weight is 233 g/mol. The second kappa shape index (κ2) is 4.53. The average Bonchev–Trinajstić information content (AvgIpc) is 2.89. The van der Waals surface area contributed by atoms with Gasteiger partial charge in [0, 0.05) is 11.3 Å². The number of benzene rings is 2. The molecule has 2 N–H and O–H groups in total. The van der Waals surface area contributed by atoms with Crippen LogP contribution >= 0.6 is 0 Å². The molecule has 1 aliphatic rings. The Balaban J connectivity index is 2.14. The predicted octanol–water partition coefficient (Wildman–Crippen LogP) is 4.14. The minimum absolute atomic E-state index is 0.852. The van der Waals surface area contributed by atoms with Crippen molar-refractivity contribution in [3.05, 3.63) is 77.9 Å². The topological polar surface area (TPSA) is 26.0 Å². The van der Waals surface area contributed by atoms with Crippen LogP contribution in [0.15, 0.2) is 66.7 Å². The molecule has 0 atom stereocenters. The lowest BCUT2D eigenvalue weighted by molar-refractivity contribution is 1.43. The highest BCUT2D eigenvalue weighted by atomic mass is 14.6. The van der Waals surface area contributed by atoms with Gasteiger partial charge >= 0.3 is 0 Å². The molecule has 88 valence electrons. The summed E-state index contributed by atoms with van der Waals surface area (Å²) in [5.41, 5.74) is 11.9. The number of nitrogen functional groups attached to an aromatic ring is 1. The Morgan fingerprint density at radius 2 is 1.56 bits per heavy atom. The number of nitrogens with two attached hydrogens (primary N) is 1. The molecule has 0 aliphatic heterocycles. The van der Waals surface area contributed by atoms with Crippen LogP contribution in [0.4, 0.5) is 5.69 Å². The fourth-order valence-corrected chi connectivity index (χ4v) is 2.42. The maximum absolute atomic E-state index is 6.08. The molecule has 1 aliphatic carbocycles. The molecule has 0 spiro atoms.